The summed E-state index contributed by atoms with van der Waals surface area (Å²) in [7, 11) is 0. The van der Waals surface area contributed by atoms with E-state index in [-0.39, 0.29) is 44.5 Å². The number of carbonyl (C=O) groups is 3. The normalized spacial score (nSPS) is 20.5. The molecule has 1 saturated heterocycles. The molecule has 1 rings (SSSR count). The molecule has 1 N–H and O–H groups in total. The van der Waals surface area contributed by atoms with Crippen LogP contribution in [0, 0.1) is 5.92 Å². The molecule has 0 saturated carbocycles. The van der Waals surface area contributed by atoms with E-state index in [9.17, 15) is 14.4 Å². The van der Waals surface area contributed by atoms with Gasteiger partial charge in [0.25, 0.3) is 0 Å². The van der Waals surface area contributed by atoms with Crippen LogP contribution in [-0.4, -0.2) is 54.5 Å². The zero-order valence-electron chi connectivity index (χ0n) is 8.22. The number of carbonyl (C=O) groups excluding carboxylic acids is 3. The molecule has 1 aliphatic rings. The third kappa shape index (κ3) is 3.32. The summed E-state index contributed by atoms with van der Waals surface area (Å²) in [6.45, 7) is -0.186. The Hall–Kier alpha value is -1.43. The highest BCUT2D eigenvalue weighted by molar-refractivity contribution is 5.86. The molecule has 15 heavy (non-hydrogen) atoms. The van der Waals surface area contributed by atoms with Gasteiger partial charge in [0.15, 0.2) is 0 Å². The number of nitrogens with zero attached hydrogens (tertiary/aromatic N) is 1. The first-order valence-corrected chi connectivity index (χ1v) is 4.67. The predicted octanol–water partition coefficient (Wildman–Crippen LogP) is -1.43. The lowest BCUT2D eigenvalue weighted by Crippen LogP contribution is -2.32. The minimum absolute atomic E-state index is 0.0715. The van der Waals surface area contributed by atoms with Crippen LogP contribution in [-0.2, 0) is 19.1 Å². The molecule has 6 nitrogen and oxygen atoms in total. The summed E-state index contributed by atoms with van der Waals surface area (Å²) >= 11 is 0. The van der Waals surface area contributed by atoms with Gasteiger partial charge in [0.2, 0.25) is 5.91 Å². The number of ether oxygens (including phenoxy) is 1. The lowest BCUT2D eigenvalue weighted by atomic mass is 10.1. The molecule has 1 heterocycles. The summed E-state index contributed by atoms with van der Waals surface area (Å²) in [5, 5.41) is 8.40. The van der Waals surface area contributed by atoms with Crippen LogP contribution in [0.2, 0.25) is 0 Å². The van der Waals surface area contributed by atoms with Crippen LogP contribution in [0.4, 0.5) is 0 Å². The Bertz CT molecular complexity index is 265. The van der Waals surface area contributed by atoms with E-state index in [1.165, 1.54) is 4.90 Å². The van der Waals surface area contributed by atoms with E-state index in [0.29, 0.717) is 0 Å². The van der Waals surface area contributed by atoms with Crippen LogP contribution >= 0.6 is 0 Å². The maximum Gasteiger partial charge on any atom is 0.325 e. The van der Waals surface area contributed by atoms with Gasteiger partial charge in [0.05, 0.1) is 6.61 Å². The monoisotopic (exact) mass is 215 g/mol. The molecular weight excluding hydrogens is 202 g/mol. The number of amides is 1. The first-order valence-electron chi connectivity index (χ1n) is 4.67. The van der Waals surface area contributed by atoms with Gasteiger partial charge in [-0.2, -0.15) is 0 Å². The number of likely N-dealkylation sites (tertiary alicyclic amines) is 1. The second kappa shape index (κ2) is 5.45. The van der Waals surface area contributed by atoms with E-state index >= 15 is 0 Å². The molecule has 84 valence electrons. The van der Waals surface area contributed by atoms with E-state index in [1.807, 2.05) is 0 Å². The van der Waals surface area contributed by atoms with Crippen molar-refractivity contribution in [3.8, 4) is 0 Å². The minimum atomic E-state index is -0.566. The quantitative estimate of drug-likeness (QED) is 0.449. The van der Waals surface area contributed by atoms with E-state index in [1.54, 1.807) is 0 Å². The number of aldehydes is 1. The lowest BCUT2D eigenvalue weighted by molar-refractivity contribution is -0.148. The highest BCUT2D eigenvalue weighted by Crippen LogP contribution is 2.14. The van der Waals surface area contributed by atoms with Gasteiger partial charge in [-0.05, 0) is 0 Å². The van der Waals surface area contributed by atoms with Crippen molar-refractivity contribution in [3.63, 3.8) is 0 Å². The van der Waals surface area contributed by atoms with Gasteiger partial charge in [-0.1, -0.05) is 0 Å². The number of esters is 1. The number of rotatable bonds is 5. The van der Waals surface area contributed by atoms with Crippen LogP contribution in [0.5, 0.6) is 0 Å². The first-order chi connectivity index (χ1) is 7.17. The smallest absolute Gasteiger partial charge is 0.325 e. The fourth-order valence-corrected chi connectivity index (χ4v) is 1.41. The highest BCUT2D eigenvalue weighted by Gasteiger charge is 2.30. The Labute approximate surface area is 86.8 Å². The molecule has 1 aliphatic heterocycles. The highest BCUT2D eigenvalue weighted by atomic mass is 16.5. The van der Waals surface area contributed by atoms with Crippen LogP contribution in [0.15, 0.2) is 0 Å². The van der Waals surface area contributed by atoms with E-state index in [2.05, 4.69) is 4.74 Å². The lowest BCUT2D eigenvalue weighted by Gasteiger charge is -2.14. The maximum absolute atomic E-state index is 11.3. The summed E-state index contributed by atoms with van der Waals surface area (Å²) in [6.07, 6.45) is 0.883. The molecule has 0 spiro atoms. The summed E-state index contributed by atoms with van der Waals surface area (Å²) in [5.74, 6) is -1.10. The van der Waals surface area contributed by atoms with Crippen LogP contribution < -0.4 is 0 Å². The van der Waals surface area contributed by atoms with E-state index in [4.69, 9.17) is 5.11 Å². The molecule has 0 radical (unpaired) electrons. The average molecular weight is 215 g/mol. The van der Waals surface area contributed by atoms with Crippen molar-refractivity contribution in [1.29, 1.82) is 0 Å². The third-order valence-electron chi connectivity index (χ3n) is 2.11. The van der Waals surface area contributed by atoms with Crippen LogP contribution in [0.25, 0.3) is 0 Å². The van der Waals surface area contributed by atoms with Crippen molar-refractivity contribution >= 4 is 18.2 Å². The summed E-state index contributed by atoms with van der Waals surface area (Å²) in [6, 6.07) is 0. The summed E-state index contributed by atoms with van der Waals surface area (Å²) < 4.78 is 4.60. The van der Waals surface area contributed by atoms with E-state index in [0.717, 1.165) is 6.29 Å². The van der Waals surface area contributed by atoms with Gasteiger partial charge in [-0.25, -0.2) is 0 Å². The van der Waals surface area contributed by atoms with Gasteiger partial charge in [-0.15, -0.1) is 0 Å². The molecule has 1 atom stereocenters. The number of hydrogen-bond donors (Lipinski definition) is 1. The fourth-order valence-electron chi connectivity index (χ4n) is 1.41. The standard InChI is InChI=1S/C9H13NO5/c11-1-2-15-9(14)5-10-4-7(6-12)3-8(10)13/h6-7,11H,1-5H2. The van der Waals surface area contributed by atoms with Crippen molar-refractivity contribution in [1.82, 2.24) is 4.90 Å². The Balaban J connectivity index is 2.35. The molecule has 1 unspecified atom stereocenters. The molecule has 1 fully saturated rings. The Kier molecular flexibility index (Phi) is 4.23. The summed E-state index contributed by atoms with van der Waals surface area (Å²) in [5.41, 5.74) is 0. The molecule has 0 aliphatic carbocycles. The SMILES string of the molecule is O=CC1CC(=O)N(CC(=O)OCCO)C1. The fraction of sp³-hybridized carbons (Fsp3) is 0.667. The second-order valence-corrected chi connectivity index (χ2v) is 3.32. The van der Waals surface area contributed by atoms with Crippen molar-refractivity contribution < 1.29 is 24.2 Å². The molecule has 1 amide bonds. The predicted molar refractivity (Wildman–Crippen MR) is 48.8 cm³/mol. The van der Waals surface area contributed by atoms with Crippen molar-refractivity contribution in [2.75, 3.05) is 26.3 Å². The first kappa shape index (κ1) is 11.6. The Morgan fingerprint density at radius 1 is 1.67 bits per heavy atom. The molecule has 0 bridgehead atoms. The van der Waals surface area contributed by atoms with Gasteiger partial charge < -0.3 is 19.5 Å². The minimum Gasteiger partial charge on any atom is -0.462 e. The van der Waals surface area contributed by atoms with Crippen LogP contribution in [0.1, 0.15) is 6.42 Å². The number of aliphatic hydroxyl groups excluding tert-OH is 1. The maximum atomic E-state index is 11.3. The average Bonchev–Trinajstić information content (AvgIpc) is 2.57. The zero-order chi connectivity index (χ0) is 11.3. The van der Waals surface area contributed by atoms with Crippen LogP contribution in [0.3, 0.4) is 0 Å². The number of aliphatic hydroxyl groups is 1. The molecule has 6 heteroatoms. The third-order valence-corrected chi connectivity index (χ3v) is 2.11. The second-order valence-electron chi connectivity index (χ2n) is 3.32. The molecular formula is C9H13NO5. The van der Waals surface area contributed by atoms with Crippen molar-refractivity contribution in [2.24, 2.45) is 5.92 Å². The largest absolute Gasteiger partial charge is 0.462 e. The van der Waals surface area contributed by atoms with Gasteiger partial charge in [-0.3, -0.25) is 9.59 Å². The molecule has 0 aromatic rings. The van der Waals surface area contributed by atoms with Gasteiger partial charge in [0, 0.05) is 18.9 Å². The topological polar surface area (TPSA) is 83.9 Å². The molecule has 0 aromatic heterocycles. The Morgan fingerprint density at radius 3 is 2.93 bits per heavy atom. The summed E-state index contributed by atoms with van der Waals surface area (Å²) in [4.78, 5) is 34.1. The zero-order valence-corrected chi connectivity index (χ0v) is 8.22. The van der Waals surface area contributed by atoms with Gasteiger partial charge >= 0.3 is 5.97 Å². The van der Waals surface area contributed by atoms with Gasteiger partial charge in [0.1, 0.15) is 19.4 Å². The molecule has 0 aromatic carbocycles. The Morgan fingerprint density at radius 2 is 2.40 bits per heavy atom. The van der Waals surface area contributed by atoms with Crippen molar-refractivity contribution in [3.05, 3.63) is 0 Å². The number of hydrogen-bond acceptors (Lipinski definition) is 5. The van der Waals surface area contributed by atoms with Crippen molar-refractivity contribution in [2.45, 2.75) is 6.42 Å². The van der Waals surface area contributed by atoms with E-state index < -0.39 is 5.97 Å².